The van der Waals surface area contributed by atoms with Crippen LogP contribution in [0.2, 0.25) is 5.02 Å². The Morgan fingerprint density at radius 1 is 1.27 bits per heavy atom. The standard InChI is InChI=1S/C24H19ClN2O5S/c1-3-30-23(29)20-13(2)26-24-27(21(20)14-7-5-4-6-8-14)22(28)19(33-24)10-15-9-17-18(11-16(15)25)32-12-31-17/h4-11,21H,3,12H2,1-2H3/b19-10+. The summed E-state index contributed by atoms with van der Waals surface area (Å²) in [5, 5.41) is 0.438. The van der Waals surface area contributed by atoms with Crippen LogP contribution in [-0.2, 0) is 9.53 Å². The summed E-state index contributed by atoms with van der Waals surface area (Å²) in [6, 6.07) is 12.2. The number of rotatable bonds is 4. The fraction of sp³-hybridized carbons (Fsp3) is 0.208. The summed E-state index contributed by atoms with van der Waals surface area (Å²) in [4.78, 5) is 31.5. The maximum atomic E-state index is 13.6. The van der Waals surface area contributed by atoms with Gasteiger partial charge in [0.05, 0.1) is 33.5 Å². The molecule has 1 atom stereocenters. The van der Waals surface area contributed by atoms with Crippen LogP contribution in [0.5, 0.6) is 11.5 Å². The molecule has 0 N–H and O–H groups in total. The van der Waals surface area contributed by atoms with Crippen molar-refractivity contribution >= 4 is 35.0 Å². The molecule has 9 heteroatoms. The smallest absolute Gasteiger partial charge is 0.338 e. The summed E-state index contributed by atoms with van der Waals surface area (Å²) >= 11 is 7.66. The van der Waals surface area contributed by atoms with Crippen LogP contribution in [-0.4, -0.2) is 23.9 Å². The molecule has 0 radical (unpaired) electrons. The molecule has 2 aliphatic heterocycles. The number of hydrogen-bond acceptors (Lipinski definition) is 7. The molecule has 0 aliphatic carbocycles. The second-order valence-electron chi connectivity index (χ2n) is 7.44. The van der Waals surface area contributed by atoms with Gasteiger partial charge in [-0.15, -0.1) is 0 Å². The highest BCUT2D eigenvalue weighted by atomic mass is 35.5. The first-order valence-electron chi connectivity index (χ1n) is 10.3. The first kappa shape index (κ1) is 21.5. The van der Waals surface area contributed by atoms with E-state index in [1.807, 2.05) is 30.3 Å². The van der Waals surface area contributed by atoms with Crippen molar-refractivity contribution in [3.05, 3.63) is 89.6 Å². The van der Waals surface area contributed by atoms with Crippen LogP contribution in [0.1, 0.15) is 31.0 Å². The van der Waals surface area contributed by atoms with Gasteiger partial charge in [0, 0.05) is 6.07 Å². The third kappa shape index (κ3) is 3.75. The second kappa shape index (κ2) is 8.53. The normalized spacial score (nSPS) is 17.1. The fourth-order valence-corrected chi connectivity index (χ4v) is 5.17. The quantitative estimate of drug-likeness (QED) is 0.534. The zero-order chi connectivity index (χ0) is 23.1. The lowest BCUT2D eigenvalue weighted by molar-refractivity contribution is -0.139. The maximum Gasteiger partial charge on any atom is 0.338 e. The van der Waals surface area contributed by atoms with Crippen molar-refractivity contribution in [3.8, 4) is 11.5 Å². The molecule has 0 bridgehead atoms. The number of halogens is 1. The average Bonchev–Trinajstić information content (AvgIpc) is 3.37. The Kier molecular flexibility index (Phi) is 5.55. The molecule has 2 aliphatic rings. The van der Waals surface area contributed by atoms with E-state index < -0.39 is 12.0 Å². The van der Waals surface area contributed by atoms with Crippen molar-refractivity contribution in [3.63, 3.8) is 0 Å². The Bertz CT molecular complexity index is 1470. The summed E-state index contributed by atoms with van der Waals surface area (Å²) in [5.74, 6) is 0.652. The SMILES string of the molecule is CCOC(=O)C1=C(C)N=c2s/c(=C/c3cc4c(cc3Cl)OCO4)c(=O)n2C1c1ccccc1. The topological polar surface area (TPSA) is 79.1 Å². The van der Waals surface area contributed by atoms with E-state index in [0.29, 0.717) is 42.7 Å². The Balaban J connectivity index is 1.71. The molecule has 1 unspecified atom stereocenters. The third-order valence-electron chi connectivity index (χ3n) is 5.41. The van der Waals surface area contributed by atoms with Crippen molar-refractivity contribution < 1.29 is 19.0 Å². The molecule has 0 spiro atoms. The number of carbonyl (C=O) groups excluding carboxylic acids is 1. The molecule has 0 saturated carbocycles. The van der Waals surface area contributed by atoms with E-state index in [4.69, 9.17) is 25.8 Å². The Labute approximate surface area is 197 Å². The molecular weight excluding hydrogens is 464 g/mol. The number of benzene rings is 2. The summed E-state index contributed by atoms with van der Waals surface area (Å²) in [6.07, 6.45) is 1.71. The second-order valence-corrected chi connectivity index (χ2v) is 8.86. The van der Waals surface area contributed by atoms with E-state index in [-0.39, 0.29) is 19.0 Å². The summed E-state index contributed by atoms with van der Waals surface area (Å²) < 4.78 is 18.1. The highest BCUT2D eigenvalue weighted by Gasteiger charge is 2.33. The van der Waals surface area contributed by atoms with Crippen LogP contribution in [0.4, 0.5) is 0 Å². The Hall–Kier alpha value is -3.36. The Morgan fingerprint density at radius 2 is 2.00 bits per heavy atom. The first-order valence-corrected chi connectivity index (χ1v) is 11.5. The van der Waals surface area contributed by atoms with Crippen molar-refractivity contribution in [2.75, 3.05) is 13.4 Å². The predicted octanol–water partition coefficient (Wildman–Crippen LogP) is 3.18. The van der Waals surface area contributed by atoms with E-state index in [1.54, 1.807) is 36.6 Å². The van der Waals surface area contributed by atoms with Crippen molar-refractivity contribution in [2.24, 2.45) is 4.99 Å². The van der Waals surface area contributed by atoms with E-state index in [1.165, 1.54) is 11.3 Å². The number of aromatic nitrogens is 1. The minimum absolute atomic E-state index is 0.129. The number of hydrogen-bond donors (Lipinski definition) is 0. The van der Waals surface area contributed by atoms with Crippen LogP contribution < -0.4 is 24.4 Å². The Morgan fingerprint density at radius 3 is 2.73 bits per heavy atom. The first-order chi connectivity index (χ1) is 16.0. The van der Waals surface area contributed by atoms with Gasteiger partial charge in [-0.1, -0.05) is 53.3 Å². The molecule has 0 amide bonds. The molecule has 0 fully saturated rings. The predicted molar refractivity (Wildman–Crippen MR) is 124 cm³/mol. The minimum atomic E-state index is -0.643. The molecule has 5 rings (SSSR count). The number of fused-ring (bicyclic) bond motifs is 2. The summed E-state index contributed by atoms with van der Waals surface area (Å²) in [6.45, 7) is 3.86. The summed E-state index contributed by atoms with van der Waals surface area (Å²) in [7, 11) is 0. The van der Waals surface area contributed by atoms with Crippen LogP contribution in [0.3, 0.4) is 0 Å². The number of carbonyl (C=O) groups is 1. The molecule has 7 nitrogen and oxygen atoms in total. The van der Waals surface area contributed by atoms with Gasteiger partial charge in [-0.3, -0.25) is 9.36 Å². The average molecular weight is 483 g/mol. The van der Waals surface area contributed by atoms with Crippen LogP contribution >= 0.6 is 22.9 Å². The number of esters is 1. The van der Waals surface area contributed by atoms with Crippen LogP contribution in [0.25, 0.3) is 6.08 Å². The molecule has 168 valence electrons. The van der Waals surface area contributed by atoms with Crippen LogP contribution in [0.15, 0.2) is 63.5 Å². The van der Waals surface area contributed by atoms with Gasteiger partial charge < -0.3 is 14.2 Å². The minimum Gasteiger partial charge on any atom is -0.463 e. The van der Waals surface area contributed by atoms with Gasteiger partial charge in [0.15, 0.2) is 16.3 Å². The molecule has 3 aromatic rings. The fourth-order valence-electron chi connectivity index (χ4n) is 3.93. The number of nitrogens with zero attached hydrogens (tertiary/aromatic N) is 2. The van der Waals surface area contributed by atoms with Gasteiger partial charge >= 0.3 is 5.97 Å². The maximum absolute atomic E-state index is 13.6. The van der Waals surface area contributed by atoms with E-state index in [0.717, 1.165) is 5.56 Å². The van der Waals surface area contributed by atoms with E-state index >= 15 is 0 Å². The van der Waals surface area contributed by atoms with Gasteiger partial charge in [-0.25, -0.2) is 9.79 Å². The molecular formula is C24H19ClN2O5S. The van der Waals surface area contributed by atoms with Gasteiger partial charge in [0.25, 0.3) is 5.56 Å². The van der Waals surface area contributed by atoms with Crippen molar-refractivity contribution in [1.29, 1.82) is 0 Å². The molecule has 0 saturated heterocycles. The molecule has 33 heavy (non-hydrogen) atoms. The lowest BCUT2D eigenvalue weighted by Crippen LogP contribution is -2.39. The zero-order valence-electron chi connectivity index (χ0n) is 17.8. The highest BCUT2D eigenvalue weighted by molar-refractivity contribution is 7.07. The number of allylic oxidation sites excluding steroid dienone is 1. The van der Waals surface area contributed by atoms with Crippen LogP contribution in [0, 0.1) is 0 Å². The molecule has 1 aromatic heterocycles. The highest BCUT2D eigenvalue weighted by Crippen LogP contribution is 2.37. The molecule has 3 heterocycles. The van der Waals surface area contributed by atoms with Gasteiger partial charge in [0.2, 0.25) is 6.79 Å². The van der Waals surface area contributed by atoms with E-state index in [9.17, 15) is 9.59 Å². The van der Waals surface area contributed by atoms with Gasteiger partial charge in [-0.05, 0) is 37.1 Å². The lowest BCUT2D eigenvalue weighted by atomic mass is 9.96. The third-order valence-corrected chi connectivity index (χ3v) is 6.72. The largest absolute Gasteiger partial charge is 0.463 e. The summed E-state index contributed by atoms with van der Waals surface area (Å²) in [5.41, 5.74) is 2.03. The van der Waals surface area contributed by atoms with Crippen molar-refractivity contribution in [2.45, 2.75) is 19.9 Å². The number of ether oxygens (including phenoxy) is 3. The van der Waals surface area contributed by atoms with E-state index in [2.05, 4.69) is 4.99 Å². The van der Waals surface area contributed by atoms with Gasteiger partial charge in [0.1, 0.15) is 0 Å². The molecule has 2 aromatic carbocycles. The van der Waals surface area contributed by atoms with Crippen molar-refractivity contribution in [1.82, 2.24) is 4.57 Å². The number of thiazole rings is 1. The zero-order valence-corrected chi connectivity index (χ0v) is 19.4. The van der Waals surface area contributed by atoms with Gasteiger partial charge in [-0.2, -0.15) is 0 Å². The monoisotopic (exact) mass is 482 g/mol. The lowest BCUT2D eigenvalue weighted by Gasteiger charge is -2.24.